The molecule has 1 fully saturated rings. The molecule has 27 heavy (non-hydrogen) atoms. The van der Waals surface area contributed by atoms with Gasteiger partial charge in [0.2, 0.25) is 5.91 Å². The van der Waals surface area contributed by atoms with Crippen molar-refractivity contribution >= 4 is 40.9 Å². The van der Waals surface area contributed by atoms with Crippen LogP contribution in [0.3, 0.4) is 0 Å². The van der Waals surface area contributed by atoms with Crippen molar-refractivity contribution in [2.24, 2.45) is 0 Å². The second kappa shape index (κ2) is 7.40. The number of carbonyl (C=O) groups excluding carboxylic acids is 4. The molecular weight excluding hydrogens is 374 g/mol. The van der Waals surface area contributed by atoms with E-state index in [4.69, 9.17) is 11.6 Å². The maximum absolute atomic E-state index is 12.8. The van der Waals surface area contributed by atoms with Crippen molar-refractivity contribution in [3.8, 4) is 0 Å². The smallest absolute Gasteiger partial charge is 0.343 e. The van der Waals surface area contributed by atoms with Gasteiger partial charge < -0.3 is 20.3 Å². The molecule has 2 aliphatic heterocycles. The number of piperazine rings is 1. The van der Waals surface area contributed by atoms with E-state index in [1.54, 1.807) is 25.1 Å². The number of ketones is 1. The number of methoxy groups -OCH3 is 1. The zero-order valence-electron chi connectivity index (χ0n) is 14.8. The van der Waals surface area contributed by atoms with Crippen LogP contribution in [-0.2, 0) is 23.9 Å². The summed E-state index contributed by atoms with van der Waals surface area (Å²) in [7, 11) is 1.13. The molecule has 142 valence electrons. The summed E-state index contributed by atoms with van der Waals surface area (Å²) in [6, 6.07) is 4.12. The highest BCUT2D eigenvalue weighted by Crippen LogP contribution is 2.28. The number of esters is 1. The van der Waals surface area contributed by atoms with Crippen LogP contribution < -0.4 is 10.6 Å². The normalized spacial score (nSPS) is 19.4. The number of carbonyl (C=O) groups is 4. The summed E-state index contributed by atoms with van der Waals surface area (Å²) >= 11 is 5.99. The number of nitrogens with zero attached hydrogens (tertiary/aromatic N) is 1. The summed E-state index contributed by atoms with van der Waals surface area (Å²) in [5.41, 5.74) is 0.887. The van der Waals surface area contributed by atoms with Gasteiger partial charge in [-0.25, -0.2) is 4.79 Å². The summed E-state index contributed by atoms with van der Waals surface area (Å²) in [6.07, 6.45) is -0.223. The van der Waals surface area contributed by atoms with Gasteiger partial charge in [-0.1, -0.05) is 11.6 Å². The molecule has 2 heterocycles. The first-order valence-electron chi connectivity index (χ1n) is 8.31. The van der Waals surface area contributed by atoms with Crippen LogP contribution in [0.1, 0.15) is 12.0 Å². The molecule has 0 bridgehead atoms. The standard InChI is InChI=1S/C18H18ClN3O5/c1-9-7-10(3-4-11(9)19)21-16(24)12-8-13(23)14(18(26)27-2)15-17(25)20-5-6-22(12)15/h3-4,7,12H,5-6,8H2,1-2H3,(H,20,25)(H,21,24)/t12-/m1/s1. The van der Waals surface area contributed by atoms with Crippen molar-refractivity contribution in [1.82, 2.24) is 10.2 Å². The minimum Gasteiger partial charge on any atom is -0.465 e. The Morgan fingerprint density at radius 1 is 1.33 bits per heavy atom. The Kier molecular flexibility index (Phi) is 5.18. The molecule has 0 saturated carbocycles. The van der Waals surface area contributed by atoms with Crippen molar-refractivity contribution < 1.29 is 23.9 Å². The number of aryl methyl sites for hydroxylation is 1. The number of Topliss-reactive ketones (excluding diaryl/α,β-unsaturated/α-hetero) is 1. The molecule has 1 aromatic rings. The molecule has 1 atom stereocenters. The zero-order chi connectivity index (χ0) is 19.7. The maximum Gasteiger partial charge on any atom is 0.343 e. The van der Waals surface area contributed by atoms with E-state index in [1.807, 2.05) is 0 Å². The Morgan fingerprint density at radius 2 is 2.07 bits per heavy atom. The summed E-state index contributed by atoms with van der Waals surface area (Å²) in [5.74, 6) is -2.50. The van der Waals surface area contributed by atoms with Gasteiger partial charge in [0.05, 0.1) is 7.11 Å². The van der Waals surface area contributed by atoms with Crippen LogP contribution in [0, 0.1) is 6.92 Å². The SMILES string of the molecule is COC(=O)C1=C2C(=O)NCCN2[C@@H](C(=O)Nc2ccc(Cl)c(C)c2)CC1=O. The number of rotatable bonds is 3. The molecular formula is C18H18ClN3O5. The van der Waals surface area contributed by atoms with Gasteiger partial charge in [0.15, 0.2) is 5.78 Å². The Hall–Kier alpha value is -2.87. The third-order valence-electron chi connectivity index (χ3n) is 4.53. The molecule has 3 rings (SSSR count). The van der Waals surface area contributed by atoms with Crippen molar-refractivity contribution in [2.75, 3.05) is 25.5 Å². The topological polar surface area (TPSA) is 105 Å². The lowest BCUT2D eigenvalue weighted by Crippen LogP contribution is -2.57. The van der Waals surface area contributed by atoms with Gasteiger partial charge in [-0.3, -0.25) is 14.4 Å². The largest absolute Gasteiger partial charge is 0.465 e. The fourth-order valence-corrected chi connectivity index (χ4v) is 3.32. The molecule has 1 saturated heterocycles. The molecule has 2 N–H and O–H groups in total. The first kappa shape index (κ1) is 18.9. The van der Waals surface area contributed by atoms with Gasteiger partial charge in [0.25, 0.3) is 5.91 Å². The molecule has 0 aliphatic carbocycles. The van der Waals surface area contributed by atoms with Crippen LogP contribution in [0.4, 0.5) is 5.69 Å². The minimum absolute atomic E-state index is 0.114. The van der Waals surface area contributed by atoms with Crippen LogP contribution in [0.15, 0.2) is 29.5 Å². The van der Waals surface area contributed by atoms with Gasteiger partial charge in [0, 0.05) is 30.2 Å². The van der Waals surface area contributed by atoms with Crippen molar-refractivity contribution in [2.45, 2.75) is 19.4 Å². The highest BCUT2D eigenvalue weighted by molar-refractivity contribution is 6.31. The average Bonchev–Trinajstić information content (AvgIpc) is 2.64. The molecule has 0 unspecified atom stereocenters. The molecule has 1 aromatic carbocycles. The Bertz CT molecular complexity index is 880. The molecule has 0 spiro atoms. The van der Waals surface area contributed by atoms with E-state index < -0.39 is 29.6 Å². The first-order valence-corrected chi connectivity index (χ1v) is 8.69. The van der Waals surface area contributed by atoms with E-state index in [0.29, 0.717) is 23.8 Å². The third kappa shape index (κ3) is 3.52. The van der Waals surface area contributed by atoms with Crippen LogP contribution in [0.25, 0.3) is 0 Å². The number of halogens is 1. The van der Waals surface area contributed by atoms with E-state index in [-0.39, 0.29) is 17.7 Å². The predicted molar refractivity (Wildman–Crippen MR) is 97.0 cm³/mol. The number of nitrogens with one attached hydrogen (secondary N) is 2. The second-order valence-corrected chi connectivity index (χ2v) is 6.67. The predicted octanol–water partition coefficient (Wildman–Crippen LogP) is 0.787. The minimum atomic E-state index is -0.900. The first-order chi connectivity index (χ1) is 12.8. The molecule has 0 radical (unpaired) electrons. The summed E-state index contributed by atoms with van der Waals surface area (Å²) in [5, 5.41) is 5.90. The monoisotopic (exact) mass is 391 g/mol. The molecule has 8 nitrogen and oxygen atoms in total. The molecule has 9 heteroatoms. The summed E-state index contributed by atoms with van der Waals surface area (Å²) in [4.78, 5) is 51.1. The van der Waals surface area contributed by atoms with E-state index in [0.717, 1.165) is 12.7 Å². The van der Waals surface area contributed by atoms with E-state index in [9.17, 15) is 19.2 Å². The van der Waals surface area contributed by atoms with Crippen molar-refractivity contribution in [3.63, 3.8) is 0 Å². The lowest BCUT2D eigenvalue weighted by molar-refractivity contribution is -0.141. The molecule has 2 amide bonds. The van der Waals surface area contributed by atoms with Gasteiger partial charge in [-0.15, -0.1) is 0 Å². The number of hydrogen-bond donors (Lipinski definition) is 2. The van der Waals surface area contributed by atoms with Gasteiger partial charge >= 0.3 is 5.97 Å². The van der Waals surface area contributed by atoms with Crippen LogP contribution in [0.2, 0.25) is 5.02 Å². The number of fused-ring (bicyclic) bond motifs is 1. The Balaban J connectivity index is 1.92. The molecule has 2 aliphatic rings. The van der Waals surface area contributed by atoms with E-state index >= 15 is 0 Å². The Labute approximate surface area is 160 Å². The summed E-state index contributed by atoms with van der Waals surface area (Å²) < 4.78 is 4.64. The summed E-state index contributed by atoms with van der Waals surface area (Å²) in [6.45, 7) is 2.40. The average molecular weight is 392 g/mol. The number of ether oxygens (including phenoxy) is 1. The lowest BCUT2D eigenvalue weighted by atomic mass is 9.92. The van der Waals surface area contributed by atoms with E-state index in [2.05, 4.69) is 15.4 Å². The van der Waals surface area contributed by atoms with Crippen molar-refractivity contribution in [1.29, 1.82) is 0 Å². The van der Waals surface area contributed by atoms with Crippen molar-refractivity contribution in [3.05, 3.63) is 40.1 Å². The van der Waals surface area contributed by atoms with Gasteiger partial charge in [-0.05, 0) is 30.7 Å². The Morgan fingerprint density at radius 3 is 2.74 bits per heavy atom. The van der Waals surface area contributed by atoms with Crippen LogP contribution in [0.5, 0.6) is 0 Å². The number of benzene rings is 1. The fraction of sp³-hybridized carbons (Fsp3) is 0.333. The zero-order valence-corrected chi connectivity index (χ0v) is 15.6. The number of hydrogen-bond acceptors (Lipinski definition) is 6. The number of amides is 2. The van der Waals surface area contributed by atoms with Crippen LogP contribution >= 0.6 is 11.6 Å². The highest BCUT2D eigenvalue weighted by Gasteiger charge is 2.44. The highest BCUT2D eigenvalue weighted by atomic mass is 35.5. The van der Waals surface area contributed by atoms with Gasteiger partial charge in [0.1, 0.15) is 17.3 Å². The second-order valence-electron chi connectivity index (χ2n) is 6.26. The van der Waals surface area contributed by atoms with Crippen LogP contribution in [-0.4, -0.2) is 54.7 Å². The lowest BCUT2D eigenvalue weighted by Gasteiger charge is -2.40. The van der Waals surface area contributed by atoms with Gasteiger partial charge in [-0.2, -0.15) is 0 Å². The fourth-order valence-electron chi connectivity index (χ4n) is 3.20. The molecule has 0 aromatic heterocycles. The maximum atomic E-state index is 12.8. The van der Waals surface area contributed by atoms with E-state index in [1.165, 1.54) is 4.90 Å². The number of anilines is 1. The third-order valence-corrected chi connectivity index (χ3v) is 4.95. The quantitative estimate of drug-likeness (QED) is 0.583.